The maximum atomic E-state index is 14.3. The molecule has 0 unspecified atom stereocenters. The minimum atomic E-state index is -0.404. The SMILES string of the molecule is CCCc1nnc(NC(=O)NCc2ccc(-n3ccnc3C)c(F)c2)s1. The molecule has 2 amide bonds. The van der Waals surface area contributed by atoms with Crippen LogP contribution >= 0.6 is 11.3 Å². The van der Waals surface area contributed by atoms with E-state index in [2.05, 4.69) is 32.7 Å². The quantitative estimate of drug-likeness (QED) is 0.692. The molecule has 0 fully saturated rings. The lowest BCUT2D eigenvalue weighted by atomic mass is 10.2. The summed E-state index contributed by atoms with van der Waals surface area (Å²) in [7, 11) is 0. The number of carbonyl (C=O) groups excluding carboxylic acids is 1. The fourth-order valence-corrected chi connectivity index (χ4v) is 3.27. The van der Waals surface area contributed by atoms with Crippen LogP contribution in [0, 0.1) is 12.7 Å². The van der Waals surface area contributed by atoms with E-state index >= 15 is 0 Å². The number of urea groups is 1. The first kappa shape index (κ1) is 18.0. The van der Waals surface area contributed by atoms with E-state index in [9.17, 15) is 9.18 Å². The van der Waals surface area contributed by atoms with Gasteiger partial charge in [-0.25, -0.2) is 14.2 Å². The van der Waals surface area contributed by atoms with Gasteiger partial charge in [0, 0.05) is 25.4 Å². The Morgan fingerprint density at radius 3 is 2.88 bits per heavy atom. The number of aromatic nitrogens is 4. The van der Waals surface area contributed by atoms with Crippen LogP contribution in [0.4, 0.5) is 14.3 Å². The normalized spacial score (nSPS) is 10.7. The van der Waals surface area contributed by atoms with Crippen LogP contribution in [-0.2, 0) is 13.0 Å². The molecule has 136 valence electrons. The Hall–Kier alpha value is -2.81. The second-order valence-corrected chi connectivity index (χ2v) is 6.75. The van der Waals surface area contributed by atoms with Gasteiger partial charge in [0.25, 0.3) is 0 Å². The van der Waals surface area contributed by atoms with Crippen LogP contribution in [0.1, 0.15) is 29.7 Å². The second-order valence-electron chi connectivity index (χ2n) is 5.69. The van der Waals surface area contributed by atoms with Gasteiger partial charge in [0.1, 0.15) is 16.6 Å². The van der Waals surface area contributed by atoms with Gasteiger partial charge in [-0.3, -0.25) is 5.32 Å². The summed E-state index contributed by atoms with van der Waals surface area (Å²) in [5, 5.41) is 14.6. The predicted octanol–water partition coefficient (Wildman–Crippen LogP) is 3.45. The van der Waals surface area contributed by atoms with Crippen molar-refractivity contribution in [2.45, 2.75) is 33.2 Å². The van der Waals surface area contributed by atoms with E-state index in [-0.39, 0.29) is 12.4 Å². The summed E-state index contributed by atoms with van der Waals surface area (Å²) in [6.07, 6.45) is 5.13. The van der Waals surface area contributed by atoms with Crippen molar-refractivity contribution in [2.75, 3.05) is 5.32 Å². The van der Waals surface area contributed by atoms with E-state index in [4.69, 9.17) is 0 Å². The van der Waals surface area contributed by atoms with E-state index < -0.39 is 6.03 Å². The molecule has 2 aromatic heterocycles. The van der Waals surface area contributed by atoms with Gasteiger partial charge in [0.05, 0.1) is 5.69 Å². The van der Waals surface area contributed by atoms with Gasteiger partial charge >= 0.3 is 6.03 Å². The smallest absolute Gasteiger partial charge is 0.321 e. The molecule has 7 nitrogen and oxygen atoms in total. The number of benzene rings is 1. The zero-order chi connectivity index (χ0) is 18.5. The molecule has 26 heavy (non-hydrogen) atoms. The Balaban J connectivity index is 1.58. The van der Waals surface area contributed by atoms with E-state index in [1.54, 1.807) is 36.0 Å². The number of carbonyl (C=O) groups is 1. The number of amides is 2. The van der Waals surface area contributed by atoms with Crippen molar-refractivity contribution in [3.05, 3.63) is 52.8 Å². The molecule has 0 saturated heterocycles. The van der Waals surface area contributed by atoms with Gasteiger partial charge in [-0.1, -0.05) is 24.3 Å². The number of nitrogens with zero attached hydrogens (tertiary/aromatic N) is 4. The first-order chi connectivity index (χ1) is 12.6. The van der Waals surface area contributed by atoms with Crippen molar-refractivity contribution < 1.29 is 9.18 Å². The van der Waals surface area contributed by atoms with Crippen LogP contribution in [0.2, 0.25) is 0 Å². The molecular formula is C17H19FN6OS. The van der Waals surface area contributed by atoms with Crippen molar-refractivity contribution in [3.63, 3.8) is 0 Å². The van der Waals surface area contributed by atoms with Crippen LogP contribution in [0.3, 0.4) is 0 Å². The molecule has 0 aliphatic heterocycles. The number of anilines is 1. The molecule has 0 bridgehead atoms. The topological polar surface area (TPSA) is 84.7 Å². The summed E-state index contributed by atoms with van der Waals surface area (Å²) < 4.78 is 16.0. The average molecular weight is 374 g/mol. The van der Waals surface area contributed by atoms with Crippen LogP contribution in [0.15, 0.2) is 30.6 Å². The largest absolute Gasteiger partial charge is 0.334 e. The number of nitrogens with one attached hydrogen (secondary N) is 2. The molecule has 0 aliphatic rings. The summed E-state index contributed by atoms with van der Waals surface area (Å²) in [6, 6.07) is 4.43. The van der Waals surface area contributed by atoms with E-state index in [0.29, 0.717) is 22.2 Å². The molecule has 2 N–H and O–H groups in total. The average Bonchev–Trinajstić information content (AvgIpc) is 3.23. The Bertz CT molecular complexity index is 906. The first-order valence-electron chi connectivity index (χ1n) is 8.22. The number of imidazole rings is 1. The zero-order valence-electron chi connectivity index (χ0n) is 14.5. The minimum absolute atomic E-state index is 0.201. The molecule has 3 aromatic rings. The summed E-state index contributed by atoms with van der Waals surface area (Å²) >= 11 is 1.35. The lowest BCUT2D eigenvalue weighted by Crippen LogP contribution is -2.28. The third-order valence-electron chi connectivity index (χ3n) is 3.70. The molecule has 0 atom stereocenters. The van der Waals surface area contributed by atoms with Crippen LogP contribution < -0.4 is 10.6 Å². The molecule has 2 heterocycles. The molecule has 9 heteroatoms. The van der Waals surface area contributed by atoms with Crippen molar-refractivity contribution in [2.24, 2.45) is 0 Å². The molecule has 0 aliphatic carbocycles. The molecule has 0 saturated carbocycles. The summed E-state index contributed by atoms with van der Waals surface area (Å²) in [4.78, 5) is 16.0. The highest BCUT2D eigenvalue weighted by Gasteiger charge is 2.10. The summed E-state index contributed by atoms with van der Waals surface area (Å²) in [6.45, 7) is 4.06. The van der Waals surface area contributed by atoms with Crippen molar-refractivity contribution >= 4 is 22.5 Å². The molecular weight excluding hydrogens is 355 g/mol. The molecule has 0 spiro atoms. The van der Waals surface area contributed by atoms with Gasteiger partial charge in [0.15, 0.2) is 0 Å². The van der Waals surface area contributed by atoms with Crippen LogP contribution in [0.5, 0.6) is 0 Å². The number of aryl methyl sites for hydroxylation is 2. The van der Waals surface area contributed by atoms with Gasteiger partial charge in [-0.15, -0.1) is 10.2 Å². The highest BCUT2D eigenvalue weighted by Crippen LogP contribution is 2.18. The Labute approximate surface area is 154 Å². The van der Waals surface area contributed by atoms with E-state index in [0.717, 1.165) is 17.8 Å². The number of hydrogen-bond acceptors (Lipinski definition) is 5. The second kappa shape index (κ2) is 8.05. The first-order valence-corrected chi connectivity index (χ1v) is 9.04. The number of halogens is 1. The standard InChI is InChI=1S/C17H19FN6OS/c1-3-4-15-22-23-17(26-15)21-16(25)20-10-12-5-6-14(13(18)9-12)24-8-7-19-11(24)2/h5-9H,3-4,10H2,1-2H3,(H2,20,21,23,25). The van der Waals surface area contributed by atoms with Gasteiger partial charge < -0.3 is 9.88 Å². The van der Waals surface area contributed by atoms with Crippen molar-refractivity contribution in [1.82, 2.24) is 25.1 Å². The fraction of sp³-hybridized carbons (Fsp3) is 0.294. The molecule has 1 aromatic carbocycles. The maximum Gasteiger partial charge on any atom is 0.321 e. The maximum absolute atomic E-state index is 14.3. The van der Waals surface area contributed by atoms with E-state index in [1.165, 1.54) is 17.4 Å². The van der Waals surface area contributed by atoms with Gasteiger partial charge in [-0.05, 0) is 31.0 Å². The Kier molecular flexibility index (Phi) is 5.57. The molecule has 0 radical (unpaired) electrons. The third-order valence-corrected chi connectivity index (χ3v) is 4.60. The highest BCUT2D eigenvalue weighted by molar-refractivity contribution is 7.15. The van der Waals surface area contributed by atoms with E-state index in [1.807, 2.05) is 0 Å². The van der Waals surface area contributed by atoms with Crippen LogP contribution in [0.25, 0.3) is 5.69 Å². The Morgan fingerprint density at radius 1 is 1.35 bits per heavy atom. The fourth-order valence-electron chi connectivity index (χ4n) is 2.43. The molecule has 3 rings (SSSR count). The lowest BCUT2D eigenvalue weighted by molar-refractivity contribution is 0.251. The third kappa shape index (κ3) is 4.23. The highest BCUT2D eigenvalue weighted by atomic mass is 32.1. The monoisotopic (exact) mass is 374 g/mol. The van der Waals surface area contributed by atoms with Crippen molar-refractivity contribution in [3.8, 4) is 5.69 Å². The van der Waals surface area contributed by atoms with Crippen LogP contribution in [-0.4, -0.2) is 25.8 Å². The van der Waals surface area contributed by atoms with Crippen molar-refractivity contribution in [1.29, 1.82) is 0 Å². The number of hydrogen-bond donors (Lipinski definition) is 2. The van der Waals surface area contributed by atoms with Gasteiger partial charge in [-0.2, -0.15) is 0 Å². The summed E-state index contributed by atoms with van der Waals surface area (Å²) in [5.41, 5.74) is 1.08. The lowest BCUT2D eigenvalue weighted by Gasteiger charge is -2.09. The predicted molar refractivity (Wildman–Crippen MR) is 98.0 cm³/mol. The summed E-state index contributed by atoms with van der Waals surface area (Å²) in [5.74, 6) is 0.327. The number of rotatable bonds is 6. The Morgan fingerprint density at radius 2 is 2.19 bits per heavy atom. The van der Waals surface area contributed by atoms with Gasteiger partial charge in [0.2, 0.25) is 5.13 Å². The minimum Gasteiger partial charge on any atom is -0.334 e. The zero-order valence-corrected chi connectivity index (χ0v) is 15.3.